The molecule has 1 unspecified atom stereocenters. The summed E-state index contributed by atoms with van der Waals surface area (Å²) < 4.78 is 0. The molecule has 15 heavy (non-hydrogen) atoms. The van der Waals surface area contributed by atoms with Gasteiger partial charge in [0.05, 0.1) is 0 Å². The second-order valence-electron chi connectivity index (χ2n) is 4.32. The summed E-state index contributed by atoms with van der Waals surface area (Å²) in [6, 6.07) is 0. The van der Waals surface area contributed by atoms with Crippen LogP contribution >= 0.6 is 0 Å². The van der Waals surface area contributed by atoms with E-state index in [4.69, 9.17) is 10.8 Å². The number of primary amides is 1. The van der Waals surface area contributed by atoms with Crippen LogP contribution in [0, 0.1) is 5.92 Å². The normalized spacial score (nSPS) is 21.5. The lowest BCUT2D eigenvalue weighted by Gasteiger charge is -2.29. The number of hydrogen-bond donors (Lipinski definition) is 3. The number of carbonyl (C=O) groups excluding carboxylic acids is 1. The van der Waals surface area contributed by atoms with Crippen LogP contribution in [0.3, 0.4) is 0 Å². The van der Waals surface area contributed by atoms with Crippen molar-refractivity contribution in [2.75, 3.05) is 33.2 Å². The van der Waals surface area contributed by atoms with Crippen LogP contribution in [0.2, 0.25) is 0 Å². The van der Waals surface area contributed by atoms with Gasteiger partial charge in [-0.25, -0.2) is 0 Å². The number of carbonyl (C=O) groups is 1. The number of nitrogens with two attached hydrogens (primary N) is 1. The lowest BCUT2D eigenvalue weighted by Crippen LogP contribution is -2.41. The highest BCUT2D eigenvalue weighted by Gasteiger charge is 2.17. The van der Waals surface area contributed by atoms with E-state index in [1.807, 2.05) is 0 Å². The van der Waals surface area contributed by atoms with E-state index in [1.54, 1.807) is 0 Å². The summed E-state index contributed by atoms with van der Waals surface area (Å²) in [6.45, 7) is 3.38. The molecule has 0 spiro atoms. The summed E-state index contributed by atoms with van der Waals surface area (Å²) >= 11 is 0. The van der Waals surface area contributed by atoms with Crippen molar-refractivity contribution in [2.24, 2.45) is 11.7 Å². The minimum atomic E-state index is -1.06. The molecule has 1 saturated heterocycles. The molecule has 0 bridgehead atoms. The van der Waals surface area contributed by atoms with Crippen LogP contribution in [-0.4, -0.2) is 55.2 Å². The van der Waals surface area contributed by atoms with Crippen LogP contribution in [0.25, 0.3) is 0 Å². The third-order valence-corrected chi connectivity index (χ3v) is 2.94. The van der Waals surface area contributed by atoms with Crippen LogP contribution in [-0.2, 0) is 4.79 Å². The fourth-order valence-electron chi connectivity index (χ4n) is 1.79. The summed E-state index contributed by atoms with van der Waals surface area (Å²) in [5, 5.41) is 12.2. The molecule has 1 atom stereocenters. The van der Waals surface area contributed by atoms with Crippen LogP contribution < -0.4 is 11.1 Å². The van der Waals surface area contributed by atoms with Gasteiger partial charge in [0.15, 0.2) is 0 Å². The molecule has 1 aliphatic heterocycles. The zero-order valence-electron chi connectivity index (χ0n) is 9.28. The topological polar surface area (TPSA) is 78.6 Å². The summed E-state index contributed by atoms with van der Waals surface area (Å²) in [6.07, 6.45) is 1.29. The molecule has 0 aromatic rings. The van der Waals surface area contributed by atoms with Gasteiger partial charge in [-0.15, -0.1) is 0 Å². The molecule has 1 heterocycles. The molecule has 0 radical (unpaired) electrons. The number of rotatable bonds is 5. The predicted octanol–water partition coefficient (Wildman–Crippen LogP) is -1.24. The standard InChI is InChI=1S/C10H21N3O2/c1-13-4-2-8(3-5-13)6-12-7-9(14)10(11)15/h8-9,12,14H,2-7H2,1H3,(H2,11,15). The first-order valence-electron chi connectivity index (χ1n) is 5.46. The van der Waals surface area contributed by atoms with E-state index >= 15 is 0 Å². The van der Waals surface area contributed by atoms with Crippen LogP contribution in [0.5, 0.6) is 0 Å². The Morgan fingerprint density at radius 3 is 2.73 bits per heavy atom. The third-order valence-electron chi connectivity index (χ3n) is 2.94. The first-order chi connectivity index (χ1) is 7.09. The van der Waals surface area contributed by atoms with E-state index in [9.17, 15) is 4.79 Å². The van der Waals surface area contributed by atoms with Gasteiger partial charge in [-0.2, -0.15) is 0 Å². The SMILES string of the molecule is CN1CCC(CNCC(O)C(N)=O)CC1. The lowest BCUT2D eigenvalue weighted by molar-refractivity contribution is -0.125. The number of aliphatic hydroxyl groups excluding tert-OH is 1. The van der Waals surface area contributed by atoms with Crippen molar-refractivity contribution in [1.82, 2.24) is 10.2 Å². The number of nitrogens with one attached hydrogen (secondary N) is 1. The first kappa shape index (κ1) is 12.4. The van der Waals surface area contributed by atoms with Gasteiger partial charge in [0.1, 0.15) is 6.10 Å². The van der Waals surface area contributed by atoms with Crippen molar-refractivity contribution < 1.29 is 9.90 Å². The first-order valence-corrected chi connectivity index (χ1v) is 5.46. The Kier molecular flexibility index (Phi) is 5.01. The summed E-state index contributed by atoms with van der Waals surface area (Å²) in [5.41, 5.74) is 4.94. The minimum absolute atomic E-state index is 0.266. The fourth-order valence-corrected chi connectivity index (χ4v) is 1.79. The van der Waals surface area contributed by atoms with Gasteiger partial charge in [-0.3, -0.25) is 4.79 Å². The molecule has 1 fully saturated rings. The summed E-state index contributed by atoms with van der Waals surface area (Å²) in [5.74, 6) is -0.00726. The number of likely N-dealkylation sites (tertiary alicyclic amines) is 1. The highest BCUT2D eigenvalue weighted by atomic mass is 16.3. The number of amides is 1. The van der Waals surface area contributed by atoms with Gasteiger partial charge >= 0.3 is 0 Å². The van der Waals surface area contributed by atoms with Gasteiger partial charge in [-0.05, 0) is 45.4 Å². The molecule has 1 amide bonds. The Balaban J connectivity index is 2.07. The van der Waals surface area contributed by atoms with E-state index in [-0.39, 0.29) is 6.54 Å². The van der Waals surface area contributed by atoms with E-state index in [0.29, 0.717) is 5.92 Å². The van der Waals surface area contributed by atoms with E-state index in [2.05, 4.69) is 17.3 Å². The largest absolute Gasteiger partial charge is 0.382 e. The molecule has 0 aliphatic carbocycles. The van der Waals surface area contributed by atoms with Crippen molar-refractivity contribution in [2.45, 2.75) is 18.9 Å². The second-order valence-corrected chi connectivity index (χ2v) is 4.32. The summed E-state index contributed by atoms with van der Waals surface area (Å²) in [7, 11) is 2.13. The van der Waals surface area contributed by atoms with Gasteiger partial charge in [0, 0.05) is 6.54 Å². The number of nitrogens with zero attached hydrogens (tertiary/aromatic N) is 1. The van der Waals surface area contributed by atoms with Crippen LogP contribution in [0.1, 0.15) is 12.8 Å². The van der Waals surface area contributed by atoms with Crippen molar-refractivity contribution in [3.63, 3.8) is 0 Å². The number of aliphatic hydroxyl groups is 1. The zero-order valence-corrected chi connectivity index (χ0v) is 9.28. The maximum Gasteiger partial charge on any atom is 0.247 e. The third kappa shape index (κ3) is 4.59. The molecular formula is C10H21N3O2. The Hall–Kier alpha value is -0.650. The predicted molar refractivity (Wildman–Crippen MR) is 58.3 cm³/mol. The van der Waals surface area contributed by atoms with Gasteiger partial charge in [0.25, 0.3) is 0 Å². The fraction of sp³-hybridized carbons (Fsp3) is 0.900. The number of hydrogen-bond acceptors (Lipinski definition) is 4. The minimum Gasteiger partial charge on any atom is -0.382 e. The van der Waals surface area contributed by atoms with Crippen LogP contribution in [0.15, 0.2) is 0 Å². The smallest absolute Gasteiger partial charge is 0.247 e. The van der Waals surface area contributed by atoms with Crippen LogP contribution in [0.4, 0.5) is 0 Å². The van der Waals surface area contributed by atoms with Gasteiger partial charge in [0.2, 0.25) is 5.91 Å². The molecule has 5 nitrogen and oxygen atoms in total. The summed E-state index contributed by atoms with van der Waals surface area (Å²) in [4.78, 5) is 12.9. The molecule has 5 heteroatoms. The van der Waals surface area contributed by atoms with E-state index in [0.717, 1.165) is 19.6 Å². The molecule has 0 aromatic carbocycles. The van der Waals surface area contributed by atoms with Gasteiger partial charge < -0.3 is 21.1 Å². The van der Waals surface area contributed by atoms with E-state index < -0.39 is 12.0 Å². The quantitative estimate of drug-likeness (QED) is 0.536. The molecule has 1 aliphatic rings. The molecular weight excluding hydrogens is 194 g/mol. The van der Waals surface area contributed by atoms with E-state index in [1.165, 1.54) is 12.8 Å². The van der Waals surface area contributed by atoms with Crippen molar-refractivity contribution in [1.29, 1.82) is 0 Å². The Morgan fingerprint density at radius 1 is 1.60 bits per heavy atom. The van der Waals surface area contributed by atoms with Crippen molar-refractivity contribution in [3.05, 3.63) is 0 Å². The van der Waals surface area contributed by atoms with Gasteiger partial charge in [-0.1, -0.05) is 0 Å². The average Bonchev–Trinajstić information content (AvgIpc) is 2.20. The highest BCUT2D eigenvalue weighted by molar-refractivity contribution is 5.78. The maximum absolute atomic E-state index is 10.5. The molecule has 0 saturated carbocycles. The number of piperidine rings is 1. The maximum atomic E-state index is 10.5. The Labute approximate surface area is 90.6 Å². The molecule has 4 N–H and O–H groups in total. The monoisotopic (exact) mass is 215 g/mol. The molecule has 0 aromatic heterocycles. The Morgan fingerprint density at radius 2 is 2.20 bits per heavy atom. The van der Waals surface area contributed by atoms with Crippen molar-refractivity contribution in [3.8, 4) is 0 Å². The molecule has 88 valence electrons. The Bertz CT molecular complexity index is 203. The average molecular weight is 215 g/mol. The zero-order chi connectivity index (χ0) is 11.3. The molecule has 1 rings (SSSR count). The van der Waals surface area contributed by atoms with Crippen molar-refractivity contribution >= 4 is 5.91 Å². The second kappa shape index (κ2) is 6.05. The highest BCUT2D eigenvalue weighted by Crippen LogP contribution is 2.14. The lowest BCUT2D eigenvalue weighted by atomic mass is 9.97.